The van der Waals surface area contributed by atoms with Gasteiger partial charge < -0.3 is 9.84 Å². The van der Waals surface area contributed by atoms with Gasteiger partial charge in [0.1, 0.15) is 17.4 Å². The molecule has 3 unspecified atom stereocenters. The van der Waals surface area contributed by atoms with Crippen molar-refractivity contribution < 1.29 is 9.84 Å². The highest BCUT2D eigenvalue weighted by Crippen LogP contribution is 2.44. The van der Waals surface area contributed by atoms with Crippen molar-refractivity contribution in [2.75, 3.05) is 6.61 Å². The van der Waals surface area contributed by atoms with Crippen molar-refractivity contribution in [3.63, 3.8) is 0 Å². The maximum atomic E-state index is 10.8. The second kappa shape index (κ2) is 5.89. The lowest BCUT2D eigenvalue weighted by Gasteiger charge is -2.42. The minimum atomic E-state index is -0.704. The standard InChI is InChI=1S/C13H22BrN3O2/c1-4-19-13(7-5-6-9(2)8-13)11(18)10-12(14)15-16-17(10)3/h9,11,18H,4-8H2,1-3H3. The third kappa shape index (κ3) is 2.85. The molecule has 1 aliphatic carbocycles. The van der Waals surface area contributed by atoms with Gasteiger partial charge in [-0.2, -0.15) is 0 Å². The summed E-state index contributed by atoms with van der Waals surface area (Å²) in [7, 11) is 1.79. The van der Waals surface area contributed by atoms with Crippen LogP contribution < -0.4 is 0 Å². The number of halogens is 1. The van der Waals surface area contributed by atoms with E-state index in [1.807, 2.05) is 6.92 Å². The molecule has 19 heavy (non-hydrogen) atoms. The highest BCUT2D eigenvalue weighted by Gasteiger charge is 2.44. The quantitative estimate of drug-likeness (QED) is 0.921. The van der Waals surface area contributed by atoms with Crippen molar-refractivity contribution in [3.05, 3.63) is 10.3 Å². The predicted octanol–water partition coefficient (Wildman–Crippen LogP) is 2.60. The lowest BCUT2D eigenvalue weighted by atomic mass is 9.75. The molecule has 1 aromatic heterocycles. The van der Waals surface area contributed by atoms with Crippen LogP contribution in [0.4, 0.5) is 0 Å². The fourth-order valence-electron chi connectivity index (χ4n) is 3.17. The van der Waals surface area contributed by atoms with E-state index in [9.17, 15) is 5.11 Å². The maximum absolute atomic E-state index is 10.8. The van der Waals surface area contributed by atoms with Crippen molar-refractivity contribution in [2.45, 2.75) is 51.2 Å². The summed E-state index contributed by atoms with van der Waals surface area (Å²) in [5, 5.41) is 18.7. The largest absolute Gasteiger partial charge is 0.384 e. The summed E-state index contributed by atoms with van der Waals surface area (Å²) in [6.45, 7) is 4.80. The van der Waals surface area contributed by atoms with Crippen molar-refractivity contribution in [1.29, 1.82) is 0 Å². The molecule has 3 atom stereocenters. The van der Waals surface area contributed by atoms with E-state index in [0.717, 1.165) is 19.3 Å². The molecule has 1 aromatic rings. The van der Waals surface area contributed by atoms with E-state index >= 15 is 0 Å². The van der Waals surface area contributed by atoms with Crippen LogP contribution in [-0.4, -0.2) is 32.3 Å². The molecular formula is C13H22BrN3O2. The summed E-state index contributed by atoms with van der Waals surface area (Å²) in [5.74, 6) is 0.565. The number of aliphatic hydroxyl groups excluding tert-OH is 1. The van der Waals surface area contributed by atoms with Gasteiger partial charge in [-0.1, -0.05) is 25.0 Å². The van der Waals surface area contributed by atoms with Crippen molar-refractivity contribution in [1.82, 2.24) is 15.0 Å². The molecule has 1 heterocycles. The molecule has 0 bridgehead atoms. The molecule has 1 fully saturated rings. The van der Waals surface area contributed by atoms with E-state index in [1.165, 1.54) is 6.42 Å². The van der Waals surface area contributed by atoms with Gasteiger partial charge in [0.2, 0.25) is 0 Å². The number of nitrogens with zero attached hydrogens (tertiary/aromatic N) is 3. The minimum absolute atomic E-state index is 0.510. The Morgan fingerprint density at radius 1 is 1.63 bits per heavy atom. The fraction of sp³-hybridized carbons (Fsp3) is 0.846. The first-order valence-corrected chi connectivity index (χ1v) is 7.66. The number of aromatic nitrogens is 3. The molecule has 2 rings (SSSR count). The maximum Gasteiger partial charge on any atom is 0.154 e. The molecule has 1 saturated carbocycles. The monoisotopic (exact) mass is 331 g/mol. The lowest BCUT2D eigenvalue weighted by Crippen LogP contribution is -2.44. The van der Waals surface area contributed by atoms with Crippen molar-refractivity contribution in [3.8, 4) is 0 Å². The second-order valence-corrected chi connectivity index (χ2v) is 6.24. The zero-order chi connectivity index (χ0) is 14.0. The Bertz CT molecular complexity index is 414. The third-order valence-electron chi connectivity index (χ3n) is 4.01. The van der Waals surface area contributed by atoms with Gasteiger partial charge in [0.05, 0.1) is 0 Å². The molecule has 0 radical (unpaired) electrons. The Labute approximate surface area is 122 Å². The fourth-order valence-corrected chi connectivity index (χ4v) is 3.71. The highest BCUT2D eigenvalue weighted by molar-refractivity contribution is 9.10. The summed E-state index contributed by atoms with van der Waals surface area (Å²) in [4.78, 5) is 0. The molecule has 5 nitrogen and oxygen atoms in total. The van der Waals surface area contributed by atoms with Crippen LogP contribution >= 0.6 is 15.9 Å². The number of rotatable bonds is 4. The van der Waals surface area contributed by atoms with Gasteiger partial charge in [0, 0.05) is 13.7 Å². The summed E-state index contributed by atoms with van der Waals surface area (Å²) in [6.07, 6.45) is 3.33. The van der Waals surface area contributed by atoms with Crippen LogP contribution in [0.5, 0.6) is 0 Å². The Kier molecular flexibility index (Phi) is 4.63. The highest BCUT2D eigenvalue weighted by atomic mass is 79.9. The SMILES string of the molecule is CCOC1(C(O)c2c(Br)nnn2C)CCCC(C)C1. The average Bonchev–Trinajstić information content (AvgIpc) is 2.68. The number of hydrogen-bond acceptors (Lipinski definition) is 4. The number of ether oxygens (including phenoxy) is 1. The number of hydrogen-bond donors (Lipinski definition) is 1. The van der Waals surface area contributed by atoms with Gasteiger partial charge in [-0.15, -0.1) is 5.10 Å². The normalized spacial score (nSPS) is 29.4. The second-order valence-electron chi connectivity index (χ2n) is 5.49. The first-order chi connectivity index (χ1) is 9.00. The molecule has 0 saturated heterocycles. The Morgan fingerprint density at radius 3 is 2.89 bits per heavy atom. The first-order valence-electron chi connectivity index (χ1n) is 6.87. The molecule has 0 aliphatic heterocycles. The van der Waals surface area contributed by atoms with Crippen LogP contribution in [-0.2, 0) is 11.8 Å². The third-order valence-corrected chi connectivity index (χ3v) is 4.57. The molecule has 108 valence electrons. The van der Waals surface area contributed by atoms with Gasteiger partial charge in [-0.3, -0.25) is 0 Å². The van der Waals surface area contributed by atoms with Crippen molar-refractivity contribution in [2.24, 2.45) is 13.0 Å². The molecular weight excluding hydrogens is 310 g/mol. The van der Waals surface area contributed by atoms with E-state index < -0.39 is 11.7 Å². The summed E-state index contributed by atoms with van der Waals surface area (Å²) in [6, 6.07) is 0. The van der Waals surface area contributed by atoms with Crippen LogP contribution in [0.15, 0.2) is 4.60 Å². The topological polar surface area (TPSA) is 60.2 Å². The van der Waals surface area contributed by atoms with E-state index in [-0.39, 0.29) is 0 Å². The van der Waals surface area contributed by atoms with E-state index in [0.29, 0.717) is 22.8 Å². The lowest BCUT2D eigenvalue weighted by molar-refractivity contribution is -0.152. The molecule has 1 aliphatic rings. The van der Waals surface area contributed by atoms with Gasteiger partial charge in [0.25, 0.3) is 0 Å². The minimum Gasteiger partial charge on any atom is -0.384 e. The van der Waals surface area contributed by atoms with Gasteiger partial charge >= 0.3 is 0 Å². The van der Waals surface area contributed by atoms with Gasteiger partial charge in [-0.25, -0.2) is 4.68 Å². The smallest absolute Gasteiger partial charge is 0.154 e. The Balaban J connectivity index is 2.33. The van der Waals surface area contributed by atoms with E-state index in [2.05, 4.69) is 33.2 Å². The van der Waals surface area contributed by atoms with Crippen LogP contribution in [0.3, 0.4) is 0 Å². The number of aliphatic hydroxyl groups is 1. The molecule has 0 amide bonds. The Hall–Kier alpha value is -0.460. The average molecular weight is 332 g/mol. The van der Waals surface area contributed by atoms with E-state index in [1.54, 1.807) is 11.7 Å². The molecule has 6 heteroatoms. The molecule has 0 aromatic carbocycles. The Morgan fingerprint density at radius 2 is 2.37 bits per heavy atom. The first kappa shape index (κ1) is 14.9. The predicted molar refractivity (Wildman–Crippen MR) is 75.7 cm³/mol. The van der Waals surface area contributed by atoms with Crippen LogP contribution in [0.1, 0.15) is 51.3 Å². The van der Waals surface area contributed by atoms with Crippen LogP contribution in [0.25, 0.3) is 0 Å². The van der Waals surface area contributed by atoms with Gasteiger partial charge in [-0.05, 0) is 41.6 Å². The van der Waals surface area contributed by atoms with Gasteiger partial charge in [0.15, 0.2) is 4.60 Å². The van der Waals surface area contributed by atoms with E-state index in [4.69, 9.17) is 4.74 Å². The summed E-state index contributed by atoms with van der Waals surface area (Å²) in [5.41, 5.74) is 0.187. The zero-order valence-electron chi connectivity index (χ0n) is 11.8. The zero-order valence-corrected chi connectivity index (χ0v) is 13.4. The summed E-state index contributed by atoms with van der Waals surface area (Å²) >= 11 is 3.36. The number of aryl methyl sites for hydroxylation is 1. The van der Waals surface area contributed by atoms with Crippen LogP contribution in [0, 0.1) is 5.92 Å². The molecule has 0 spiro atoms. The molecule has 1 N–H and O–H groups in total. The van der Waals surface area contributed by atoms with Crippen molar-refractivity contribution >= 4 is 15.9 Å². The van der Waals surface area contributed by atoms with Crippen LogP contribution in [0.2, 0.25) is 0 Å². The summed E-state index contributed by atoms with van der Waals surface area (Å²) < 4.78 is 8.21.